The molecule has 0 aliphatic carbocycles. The van der Waals surface area contributed by atoms with Crippen LogP contribution < -0.4 is 5.32 Å². The summed E-state index contributed by atoms with van der Waals surface area (Å²) in [5, 5.41) is 12.0. The summed E-state index contributed by atoms with van der Waals surface area (Å²) in [5.74, 6) is -1.39. The predicted molar refractivity (Wildman–Crippen MR) is 77.6 cm³/mol. The van der Waals surface area contributed by atoms with Crippen molar-refractivity contribution in [2.45, 2.75) is 5.33 Å². The lowest BCUT2D eigenvalue weighted by atomic mass is 10.2. The zero-order valence-corrected chi connectivity index (χ0v) is 12.3. The molecule has 0 saturated carbocycles. The summed E-state index contributed by atoms with van der Waals surface area (Å²) in [5.41, 5.74) is 1.14. The number of carbonyl (C=O) groups is 2. The van der Waals surface area contributed by atoms with Crippen molar-refractivity contribution < 1.29 is 14.7 Å². The zero-order chi connectivity index (χ0) is 14.7. The van der Waals surface area contributed by atoms with Gasteiger partial charge in [-0.2, -0.15) is 0 Å². The van der Waals surface area contributed by atoms with Gasteiger partial charge >= 0.3 is 5.97 Å². The van der Waals surface area contributed by atoms with Crippen molar-refractivity contribution in [1.82, 2.24) is 9.97 Å². The van der Waals surface area contributed by atoms with E-state index in [0.29, 0.717) is 11.0 Å². The van der Waals surface area contributed by atoms with Crippen LogP contribution in [0.5, 0.6) is 0 Å². The van der Waals surface area contributed by atoms with Gasteiger partial charge in [-0.3, -0.25) is 4.79 Å². The molecule has 1 aromatic heterocycles. The van der Waals surface area contributed by atoms with Crippen LogP contribution in [0.1, 0.15) is 26.7 Å². The standard InChI is InChI=1S/C12H9BrClN3O3/c13-4-7-5-15-10(16-7)11(18)17-6-1-2-8(12(19)20)9(14)3-6/h1-3,5H,4H2,(H,15,16)(H,17,18)(H,19,20). The molecule has 3 N–H and O–H groups in total. The molecule has 1 heterocycles. The highest BCUT2D eigenvalue weighted by atomic mass is 79.9. The molecule has 0 aliphatic rings. The van der Waals surface area contributed by atoms with Gasteiger partial charge in [-0.25, -0.2) is 9.78 Å². The third-order valence-corrected chi connectivity index (χ3v) is 3.36. The lowest BCUT2D eigenvalue weighted by Gasteiger charge is -2.05. The highest BCUT2D eigenvalue weighted by Gasteiger charge is 2.13. The molecule has 1 aromatic carbocycles. The first kappa shape index (κ1) is 14.5. The van der Waals surface area contributed by atoms with E-state index < -0.39 is 11.9 Å². The number of hydrogen-bond acceptors (Lipinski definition) is 3. The number of amides is 1. The highest BCUT2D eigenvalue weighted by Crippen LogP contribution is 2.21. The number of imidazole rings is 1. The quantitative estimate of drug-likeness (QED) is 0.732. The SMILES string of the molecule is O=C(Nc1ccc(C(=O)O)c(Cl)c1)c1ncc(CBr)[nH]1. The second-order valence-electron chi connectivity index (χ2n) is 3.84. The topological polar surface area (TPSA) is 95.1 Å². The van der Waals surface area contributed by atoms with Crippen LogP contribution >= 0.6 is 27.5 Å². The molecule has 0 saturated heterocycles. The van der Waals surface area contributed by atoms with Crippen molar-refractivity contribution in [1.29, 1.82) is 0 Å². The van der Waals surface area contributed by atoms with Crippen LogP contribution in [0, 0.1) is 0 Å². The fourth-order valence-electron chi connectivity index (χ4n) is 1.50. The van der Waals surface area contributed by atoms with Crippen LogP contribution in [0.4, 0.5) is 5.69 Å². The van der Waals surface area contributed by atoms with E-state index in [-0.39, 0.29) is 16.4 Å². The Hall–Kier alpha value is -1.86. The Balaban J connectivity index is 2.15. The molecule has 8 heteroatoms. The number of H-pyrrole nitrogens is 1. The van der Waals surface area contributed by atoms with Gasteiger partial charge in [0, 0.05) is 22.9 Å². The van der Waals surface area contributed by atoms with Gasteiger partial charge in [0.2, 0.25) is 0 Å². The van der Waals surface area contributed by atoms with E-state index >= 15 is 0 Å². The lowest BCUT2D eigenvalue weighted by Crippen LogP contribution is -2.14. The average Bonchev–Trinajstić information content (AvgIpc) is 2.87. The number of carboxylic acid groups (broad SMARTS) is 1. The number of nitrogens with zero attached hydrogens (tertiary/aromatic N) is 1. The number of hydrogen-bond donors (Lipinski definition) is 3. The Bertz CT molecular complexity index is 672. The molecule has 6 nitrogen and oxygen atoms in total. The summed E-state index contributed by atoms with van der Waals surface area (Å²) < 4.78 is 0. The number of carbonyl (C=O) groups excluding carboxylic acids is 1. The van der Waals surface area contributed by atoms with Gasteiger partial charge in [-0.1, -0.05) is 27.5 Å². The Morgan fingerprint density at radius 2 is 2.20 bits per heavy atom. The Morgan fingerprint density at radius 3 is 2.75 bits per heavy atom. The van der Waals surface area contributed by atoms with E-state index in [9.17, 15) is 9.59 Å². The molecule has 0 unspecified atom stereocenters. The summed E-state index contributed by atoms with van der Waals surface area (Å²) in [6.45, 7) is 0. The number of aromatic nitrogens is 2. The molecule has 0 atom stereocenters. The Labute approximate surface area is 127 Å². The summed E-state index contributed by atoms with van der Waals surface area (Å²) in [7, 11) is 0. The molecule has 0 aliphatic heterocycles. The molecule has 0 radical (unpaired) electrons. The summed E-state index contributed by atoms with van der Waals surface area (Å²) in [4.78, 5) is 29.5. The van der Waals surface area contributed by atoms with Crippen molar-refractivity contribution >= 4 is 45.1 Å². The lowest BCUT2D eigenvalue weighted by molar-refractivity contribution is 0.0697. The molecule has 104 valence electrons. The number of alkyl halides is 1. The second kappa shape index (κ2) is 6.06. The van der Waals surface area contributed by atoms with Gasteiger partial charge in [0.15, 0.2) is 5.82 Å². The van der Waals surface area contributed by atoms with Gasteiger partial charge in [-0.15, -0.1) is 0 Å². The van der Waals surface area contributed by atoms with E-state index in [0.717, 1.165) is 5.69 Å². The van der Waals surface area contributed by atoms with Crippen LogP contribution in [0.25, 0.3) is 0 Å². The number of carboxylic acids is 1. The molecule has 20 heavy (non-hydrogen) atoms. The fourth-order valence-corrected chi connectivity index (χ4v) is 2.05. The van der Waals surface area contributed by atoms with Gasteiger partial charge in [0.05, 0.1) is 10.6 Å². The van der Waals surface area contributed by atoms with Crippen molar-refractivity contribution in [2.75, 3.05) is 5.32 Å². The summed E-state index contributed by atoms with van der Waals surface area (Å²) >= 11 is 9.06. The second-order valence-corrected chi connectivity index (χ2v) is 4.81. The number of aromatic amines is 1. The minimum absolute atomic E-state index is 0.0239. The maximum Gasteiger partial charge on any atom is 0.337 e. The monoisotopic (exact) mass is 357 g/mol. The third kappa shape index (κ3) is 3.17. The number of benzene rings is 1. The van der Waals surface area contributed by atoms with E-state index in [4.69, 9.17) is 16.7 Å². The van der Waals surface area contributed by atoms with Crippen LogP contribution in [0.2, 0.25) is 5.02 Å². The first-order valence-electron chi connectivity index (χ1n) is 5.45. The minimum atomic E-state index is -1.12. The van der Waals surface area contributed by atoms with Gasteiger partial charge in [0.25, 0.3) is 5.91 Å². The number of rotatable bonds is 4. The summed E-state index contributed by atoms with van der Waals surface area (Å²) in [6.07, 6.45) is 1.55. The Kier molecular flexibility index (Phi) is 4.41. The van der Waals surface area contributed by atoms with Crippen molar-refractivity contribution in [3.8, 4) is 0 Å². The molecule has 0 fully saturated rings. The molecule has 0 spiro atoms. The maximum atomic E-state index is 11.9. The van der Waals surface area contributed by atoms with Crippen molar-refractivity contribution in [3.63, 3.8) is 0 Å². The number of halogens is 2. The fraction of sp³-hybridized carbons (Fsp3) is 0.0833. The largest absolute Gasteiger partial charge is 0.478 e. The van der Waals surface area contributed by atoms with Gasteiger partial charge in [-0.05, 0) is 18.2 Å². The predicted octanol–water partition coefficient (Wildman–Crippen LogP) is 2.91. The first-order chi connectivity index (χ1) is 9.51. The number of anilines is 1. The minimum Gasteiger partial charge on any atom is -0.478 e. The first-order valence-corrected chi connectivity index (χ1v) is 6.95. The van der Waals surface area contributed by atoms with Crippen LogP contribution in [0.15, 0.2) is 24.4 Å². The average molecular weight is 359 g/mol. The maximum absolute atomic E-state index is 11.9. The summed E-state index contributed by atoms with van der Waals surface area (Å²) in [6, 6.07) is 4.16. The molecule has 2 rings (SSSR count). The molecular formula is C12H9BrClN3O3. The van der Waals surface area contributed by atoms with E-state index in [1.54, 1.807) is 6.20 Å². The normalized spacial score (nSPS) is 10.3. The van der Waals surface area contributed by atoms with E-state index in [2.05, 4.69) is 31.2 Å². The van der Waals surface area contributed by atoms with Crippen LogP contribution in [-0.2, 0) is 5.33 Å². The van der Waals surface area contributed by atoms with E-state index in [1.807, 2.05) is 0 Å². The van der Waals surface area contributed by atoms with Gasteiger partial charge in [0.1, 0.15) is 0 Å². The van der Waals surface area contributed by atoms with Gasteiger partial charge < -0.3 is 15.4 Å². The molecule has 0 bridgehead atoms. The third-order valence-electron chi connectivity index (χ3n) is 2.44. The smallest absolute Gasteiger partial charge is 0.337 e. The van der Waals surface area contributed by atoms with E-state index in [1.165, 1.54) is 18.2 Å². The highest BCUT2D eigenvalue weighted by molar-refractivity contribution is 9.08. The molecule has 2 aromatic rings. The molecule has 1 amide bonds. The molecular weight excluding hydrogens is 350 g/mol. The van der Waals surface area contributed by atoms with Crippen molar-refractivity contribution in [2.24, 2.45) is 0 Å². The zero-order valence-electron chi connectivity index (χ0n) is 9.98. The van der Waals surface area contributed by atoms with Crippen LogP contribution in [-0.4, -0.2) is 27.0 Å². The van der Waals surface area contributed by atoms with Crippen molar-refractivity contribution in [3.05, 3.63) is 46.5 Å². The number of aromatic carboxylic acids is 1. The Morgan fingerprint density at radius 1 is 1.45 bits per heavy atom. The van der Waals surface area contributed by atoms with Crippen LogP contribution in [0.3, 0.4) is 0 Å². The number of nitrogens with one attached hydrogen (secondary N) is 2.